The van der Waals surface area contributed by atoms with E-state index < -0.39 is 0 Å². The fraction of sp³-hybridized carbons (Fsp3) is 0.238. The van der Waals surface area contributed by atoms with Crippen molar-refractivity contribution in [2.45, 2.75) is 26.4 Å². The Balaban J connectivity index is 1.60. The molecule has 1 atom stereocenters. The fourth-order valence-electron chi connectivity index (χ4n) is 2.93. The van der Waals surface area contributed by atoms with Crippen LogP contribution in [0.1, 0.15) is 29.7 Å². The molecule has 27 heavy (non-hydrogen) atoms. The molecule has 3 aromatic rings. The van der Waals surface area contributed by atoms with E-state index in [0.717, 1.165) is 28.1 Å². The van der Waals surface area contributed by atoms with Crippen LogP contribution in [0.15, 0.2) is 60.9 Å². The summed E-state index contributed by atoms with van der Waals surface area (Å²) in [7, 11) is 1.63. The Kier molecular flexibility index (Phi) is 5.76. The lowest BCUT2D eigenvalue weighted by atomic mass is 10.0. The number of hydrogen-bond donors (Lipinski definition) is 2. The highest BCUT2D eigenvalue weighted by Crippen LogP contribution is 2.25. The first kappa shape index (κ1) is 18.5. The number of nitrogens with zero attached hydrogens (tertiary/aromatic N) is 2. The highest BCUT2D eigenvalue weighted by molar-refractivity contribution is 5.74. The molecule has 2 N–H and O–H groups in total. The maximum absolute atomic E-state index is 12.3. The second-order valence-electron chi connectivity index (χ2n) is 6.41. The molecule has 0 spiro atoms. The molecule has 3 rings (SSSR count). The molecular formula is C21H24N4O2. The average Bonchev–Trinajstić information content (AvgIpc) is 3.21. The zero-order chi connectivity index (χ0) is 19.2. The van der Waals surface area contributed by atoms with Crippen molar-refractivity contribution in [2.75, 3.05) is 7.11 Å². The average molecular weight is 364 g/mol. The topological polar surface area (TPSA) is 68.2 Å². The summed E-state index contributed by atoms with van der Waals surface area (Å²) in [5.74, 6) is 0.764. The molecule has 6 heteroatoms. The molecule has 0 aliphatic heterocycles. The van der Waals surface area contributed by atoms with Crippen LogP contribution in [0.3, 0.4) is 0 Å². The number of methoxy groups -OCH3 is 1. The summed E-state index contributed by atoms with van der Waals surface area (Å²) in [5.41, 5.74) is 4.03. The van der Waals surface area contributed by atoms with Gasteiger partial charge in [-0.15, -0.1) is 0 Å². The third-order valence-electron chi connectivity index (χ3n) is 4.33. The first-order valence-corrected chi connectivity index (χ1v) is 8.84. The lowest BCUT2D eigenvalue weighted by Crippen LogP contribution is -2.36. The lowest BCUT2D eigenvalue weighted by molar-refractivity contribution is 0.237. The van der Waals surface area contributed by atoms with Gasteiger partial charge in [0.25, 0.3) is 0 Å². The van der Waals surface area contributed by atoms with E-state index in [-0.39, 0.29) is 12.1 Å². The van der Waals surface area contributed by atoms with Crippen molar-refractivity contribution in [1.29, 1.82) is 0 Å². The molecule has 2 amide bonds. The van der Waals surface area contributed by atoms with Gasteiger partial charge in [0.15, 0.2) is 0 Å². The van der Waals surface area contributed by atoms with E-state index in [1.54, 1.807) is 18.0 Å². The van der Waals surface area contributed by atoms with Gasteiger partial charge < -0.3 is 15.4 Å². The van der Waals surface area contributed by atoms with Gasteiger partial charge >= 0.3 is 6.03 Å². The number of ether oxygens (including phenoxy) is 1. The van der Waals surface area contributed by atoms with Gasteiger partial charge in [-0.3, -0.25) is 0 Å². The minimum absolute atomic E-state index is 0.171. The molecule has 0 saturated heterocycles. The molecule has 0 saturated carbocycles. The van der Waals surface area contributed by atoms with Crippen LogP contribution in [-0.4, -0.2) is 22.9 Å². The van der Waals surface area contributed by atoms with Crippen LogP contribution in [0.25, 0.3) is 5.69 Å². The van der Waals surface area contributed by atoms with Crippen molar-refractivity contribution in [1.82, 2.24) is 20.4 Å². The zero-order valence-corrected chi connectivity index (χ0v) is 15.8. The van der Waals surface area contributed by atoms with Crippen LogP contribution < -0.4 is 15.4 Å². The number of urea groups is 1. The Morgan fingerprint density at radius 3 is 2.81 bits per heavy atom. The Hall–Kier alpha value is -3.28. The second-order valence-corrected chi connectivity index (χ2v) is 6.41. The number of rotatable bonds is 6. The number of amides is 2. The molecule has 0 aliphatic carbocycles. The van der Waals surface area contributed by atoms with Crippen molar-refractivity contribution in [3.05, 3.63) is 77.6 Å². The van der Waals surface area contributed by atoms with Crippen molar-refractivity contribution in [2.24, 2.45) is 0 Å². The van der Waals surface area contributed by atoms with Gasteiger partial charge in [0.2, 0.25) is 0 Å². The van der Waals surface area contributed by atoms with Crippen molar-refractivity contribution >= 4 is 6.03 Å². The Bertz CT molecular complexity index is 906. The number of benzene rings is 2. The number of carbonyl (C=O) groups is 1. The first-order valence-electron chi connectivity index (χ1n) is 8.84. The largest absolute Gasteiger partial charge is 0.496 e. The summed E-state index contributed by atoms with van der Waals surface area (Å²) < 4.78 is 7.19. The van der Waals surface area contributed by atoms with Gasteiger partial charge in [-0.2, -0.15) is 5.10 Å². The molecule has 0 aliphatic rings. The second kappa shape index (κ2) is 8.40. The molecule has 140 valence electrons. The summed E-state index contributed by atoms with van der Waals surface area (Å²) in [6.45, 7) is 4.39. The van der Waals surface area contributed by atoms with Crippen LogP contribution >= 0.6 is 0 Å². The monoisotopic (exact) mass is 364 g/mol. The predicted octanol–water partition coefficient (Wildman–Crippen LogP) is 3.75. The maximum atomic E-state index is 12.3. The van der Waals surface area contributed by atoms with Gasteiger partial charge in [-0.1, -0.05) is 29.8 Å². The maximum Gasteiger partial charge on any atom is 0.315 e. The van der Waals surface area contributed by atoms with E-state index >= 15 is 0 Å². The molecule has 0 radical (unpaired) electrons. The Labute approximate surface area is 159 Å². The van der Waals surface area contributed by atoms with Crippen molar-refractivity contribution in [3.63, 3.8) is 0 Å². The van der Waals surface area contributed by atoms with Gasteiger partial charge in [0.05, 0.1) is 18.8 Å². The third kappa shape index (κ3) is 4.67. The van der Waals surface area contributed by atoms with Gasteiger partial charge in [0, 0.05) is 24.5 Å². The predicted molar refractivity (Wildman–Crippen MR) is 105 cm³/mol. The minimum Gasteiger partial charge on any atom is -0.496 e. The summed E-state index contributed by atoms with van der Waals surface area (Å²) in [5, 5.41) is 10.1. The van der Waals surface area contributed by atoms with E-state index in [9.17, 15) is 4.79 Å². The molecule has 0 bridgehead atoms. The Morgan fingerprint density at radius 1 is 1.22 bits per heavy atom. The highest BCUT2D eigenvalue weighted by atomic mass is 16.5. The number of carbonyl (C=O) groups excluding carboxylic acids is 1. The zero-order valence-electron chi connectivity index (χ0n) is 15.8. The van der Waals surface area contributed by atoms with Crippen LogP contribution in [0.2, 0.25) is 0 Å². The number of aryl methyl sites for hydroxylation is 1. The van der Waals surface area contributed by atoms with Crippen LogP contribution in [0.4, 0.5) is 4.79 Å². The minimum atomic E-state index is -0.226. The van der Waals surface area contributed by atoms with Gasteiger partial charge in [-0.25, -0.2) is 9.48 Å². The first-order chi connectivity index (χ1) is 13.1. The van der Waals surface area contributed by atoms with Crippen molar-refractivity contribution < 1.29 is 9.53 Å². The van der Waals surface area contributed by atoms with Gasteiger partial charge in [0.1, 0.15) is 5.75 Å². The molecule has 6 nitrogen and oxygen atoms in total. The van der Waals surface area contributed by atoms with E-state index in [0.29, 0.717) is 6.54 Å². The highest BCUT2D eigenvalue weighted by Gasteiger charge is 2.14. The smallest absolute Gasteiger partial charge is 0.315 e. The molecule has 0 fully saturated rings. The number of hydrogen-bond acceptors (Lipinski definition) is 3. The standard InChI is InChI=1S/C21H24N4O2/c1-15-8-9-20(27-3)19(12-15)16(2)24-21(26)22-14-17-6-4-7-18(13-17)25-11-5-10-23-25/h4-13,16H,14H2,1-3H3,(H2,22,24,26). The third-order valence-corrected chi connectivity index (χ3v) is 4.33. The summed E-state index contributed by atoms with van der Waals surface area (Å²) in [6.07, 6.45) is 3.62. The van der Waals surface area contributed by atoms with E-state index in [4.69, 9.17) is 4.74 Å². The SMILES string of the molecule is COc1ccc(C)cc1C(C)NC(=O)NCc1cccc(-n2cccn2)c1. The van der Waals surface area contributed by atoms with Crippen LogP contribution in [0.5, 0.6) is 5.75 Å². The van der Waals surface area contributed by atoms with Crippen LogP contribution in [-0.2, 0) is 6.54 Å². The lowest BCUT2D eigenvalue weighted by Gasteiger charge is -2.18. The molecule has 2 aromatic carbocycles. The normalized spacial score (nSPS) is 11.7. The fourth-order valence-corrected chi connectivity index (χ4v) is 2.93. The molecule has 1 heterocycles. The van der Waals surface area contributed by atoms with Crippen molar-refractivity contribution in [3.8, 4) is 11.4 Å². The number of nitrogens with one attached hydrogen (secondary N) is 2. The van der Waals surface area contributed by atoms with E-state index in [1.165, 1.54) is 0 Å². The van der Waals surface area contributed by atoms with E-state index in [2.05, 4.69) is 15.7 Å². The molecule has 1 unspecified atom stereocenters. The summed E-state index contributed by atoms with van der Waals surface area (Å²) >= 11 is 0. The summed E-state index contributed by atoms with van der Waals surface area (Å²) in [4.78, 5) is 12.3. The Morgan fingerprint density at radius 2 is 2.07 bits per heavy atom. The van der Waals surface area contributed by atoms with E-state index in [1.807, 2.05) is 68.6 Å². The quantitative estimate of drug-likeness (QED) is 0.700. The molecule has 1 aromatic heterocycles. The van der Waals surface area contributed by atoms with Crippen LogP contribution in [0, 0.1) is 6.92 Å². The number of aromatic nitrogens is 2. The molecular weight excluding hydrogens is 340 g/mol. The summed E-state index contributed by atoms with van der Waals surface area (Å²) in [6, 6.07) is 15.3. The van der Waals surface area contributed by atoms with Gasteiger partial charge in [-0.05, 0) is 43.7 Å².